The number of hydrogen-bond acceptors (Lipinski definition) is 6. The average Bonchev–Trinajstić information content (AvgIpc) is 2.80. The first-order valence-electron chi connectivity index (χ1n) is 9.99. The van der Waals surface area contributed by atoms with Crippen molar-refractivity contribution in [3.63, 3.8) is 0 Å². The van der Waals surface area contributed by atoms with Crippen molar-refractivity contribution in [2.24, 2.45) is 0 Å². The highest BCUT2D eigenvalue weighted by atomic mass is 32.2. The van der Waals surface area contributed by atoms with Crippen LogP contribution in [0.25, 0.3) is 10.8 Å². The molecular formula is C22H23N3O5S. The van der Waals surface area contributed by atoms with Gasteiger partial charge in [0.25, 0.3) is 5.69 Å². The molecule has 3 aromatic carbocycles. The summed E-state index contributed by atoms with van der Waals surface area (Å²) in [5.74, 6) is 0. The number of nitro benzene ring substituents is 1. The van der Waals surface area contributed by atoms with Gasteiger partial charge in [0.15, 0.2) is 0 Å². The standard InChI is InChI=1S/C22H23N3O5S/c26-25(27)18-7-4-8-19(15-18)31(28,29)23-16-22(24-11-13-30-14-12-24)21-10-3-6-17-5-1-2-9-20(17)21/h1-10,15,22-23H,11-14,16H2/t22-/m1/s1. The zero-order valence-electron chi connectivity index (χ0n) is 16.8. The van der Waals surface area contributed by atoms with Gasteiger partial charge in [-0.25, -0.2) is 13.1 Å². The highest BCUT2D eigenvalue weighted by molar-refractivity contribution is 7.89. The molecule has 0 unspecified atom stereocenters. The lowest BCUT2D eigenvalue weighted by Gasteiger charge is -2.35. The van der Waals surface area contributed by atoms with E-state index in [4.69, 9.17) is 4.74 Å². The van der Waals surface area contributed by atoms with Crippen LogP contribution in [-0.4, -0.2) is 51.1 Å². The molecule has 162 valence electrons. The molecule has 1 aliphatic heterocycles. The van der Waals surface area contributed by atoms with Crippen LogP contribution in [-0.2, 0) is 14.8 Å². The number of morpholine rings is 1. The monoisotopic (exact) mass is 441 g/mol. The summed E-state index contributed by atoms with van der Waals surface area (Å²) in [4.78, 5) is 12.5. The number of benzene rings is 3. The van der Waals surface area contributed by atoms with Crippen LogP contribution < -0.4 is 4.72 Å². The topological polar surface area (TPSA) is 102 Å². The zero-order valence-corrected chi connectivity index (χ0v) is 17.6. The van der Waals surface area contributed by atoms with E-state index < -0.39 is 14.9 Å². The Labute approximate surface area is 180 Å². The molecule has 0 amide bonds. The number of ether oxygens (including phenoxy) is 1. The number of hydrogen-bond donors (Lipinski definition) is 1. The molecule has 1 heterocycles. The molecule has 8 nitrogen and oxygen atoms in total. The molecule has 1 N–H and O–H groups in total. The third-order valence-electron chi connectivity index (χ3n) is 5.47. The number of fused-ring (bicyclic) bond motifs is 1. The van der Waals surface area contributed by atoms with E-state index in [9.17, 15) is 18.5 Å². The Hall–Kier alpha value is -2.85. The van der Waals surface area contributed by atoms with Crippen molar-refractivity contribution in [2.75, 3.05) is 32.8 Å². The first-order valence-corrected chi connectivity index (χ1v) is 11.5. The van der Waals surface area contributed by atoms with E-state index in [1.165, 1.54) is 18.2 Å². The van der Waals surface area contributed by atoms with Crippen LogP contribution in [0, 0.1) is 10.1 Å². The SMILES string of the molecule is O=[N+]([O-])c1cccc(S(=O)(=O)NC[C@H](c2cccc3ccccc23)N2CCOCC2)c1. The number of sulfonamides is 1. The number of rotatable bonds is 7. The summed E-state index contributed by atoms with van der Waals surface area (Å²) in [5.41, 5.74) is 0.767. The second-order valence-electron chi connectivity index (χ2n) is 7.34. The summed E-state index contributed by atoms with van der Waals surface area (Å²) >= 11 is 0. The largest absolute Gasteiger partial charge is 0.379 e. The van der Waals surface area contributed by atoms with Crippen molar-refractivity contribution in [1.29, 1.82) is 0 Å². The van der Waals surface area contributed by atoms with E-state index in [1.54, 1.807) is 0 Å². The maximum Gasteiger partial charge on any atom is 0.270 e. The molecule has 0 aromatic heterocycles. The van der Waals surface area contributed by atoms with Gasteiger partial charge in [0.1, 0.15) is 0 Å². The van der Waals surface area contributed by atoms with Crippen LogP contribution in [0.15, 0.2) is 71.6 Å². The molecule has 1 fully saturated rings. The summed E-state index contributed by atoms with van der Waals surface area (Å²) in [7, 11) is -3.92. The Bertz CT molecular complexity index is 1190. The van der Waals surface area contributed by atoms with Crippen molar-refractivity contribution in [1.82, 2.24) is 9.62 Å². The summed E-state index contributed by atoms with van der Waals surface area (Å²) < 4.78 is 34.0. The van der Waals surface area contributed by atoms with Gasteiger partial charge >= 0.3 is 0 Å². The molecular weight excluding hydrogens is 418 g/mol. The van der Waals surface area contributed by atoms with Gasteiger partial charge in [-0.15, -0.1) is 0 Å². The highest BCUT2D eigenvalue weighted by Crippen LogP contribution is 2.29. The third-order valence-corrected chi connectivity index (χ3v) is 6.90. The third kappa shape index (κ3) is 4.75. The van der Waals surface area contributed by atoms with Crippen LogP contribution in [0.2, 0.25) is 0 Å². The summed E-state index contributed by atoms with van der Waals surface area (Å²) in [6.45, 7) is 2.68. The van der Waals surface area contributed by atoms with Crippen LogP contribution in [0.3, 0.4) is 0 Å². The van der Waals surface area contributed by atoms with E-state index in [0.717, 1.165) is 22.4 Å². The number of nitrogens with zero attached hydrogens (tertiary/aromatic N) is 2. The van der Waals surface area contributed by atoms with Gasteiger partial charge in [0, 0.05) is 37.8 Å². The second-order valence-corrected chi connectivity index (χ2v) is 9.11. The lowest BCUT2D eigenvalue weighted by Crippen LogP contribution is -2.43. The van der Waals surface area contributed by atoms with Crippen LogP contribution in [0.1, 0.15) is 11.6 Å². The van der Waals surface area contributed by atoms with Gasteiger partial charge in [-0.1, -0.05) is 48.5 Å². The van der Waals surface area contributed by atoms with Gasteiger partial charge in [0.05, 0.1) is 23.0 Å². The lowest BCUT2D eigenvalue weighted by atomic mass is 9.97. The maximum absolute atomic E-state index is 12.9. The molecule has 4 rings (SSSR count). The van der Waals surface area contributed by atoms with E-state index in [-0.39, 0.29) is 23.2 Å². The van der Waals surface area contributed by atoms with E-state index in [1.807, 2.05) is 42.5 Å². The number of nitro groups is 1. The van der Waals surface area contributed by atoms with Crippen molar-refractivity contribution < 1.29 is 18.1 Å². The molecule has 3 aromatic rings. The molecule has 0 radical (unpaired) electrons. The normalized spacial score (nSPS) is 16.3. The summed E-state index contributed by atoms with van der Waals surface area (Å²) in [5, 5.41) is 13.2. The van der Waals surface area contributed by atoms with Gasteiger partial charge in [-0.05, 0) is 22.4 Å². The van der Waals surface area contributed by atoms with Gasteiger partial charge < -0.3 is 4.74 Å². The fraction of sp³-hybridized carbons (Fsp3) is 0.273. The fourth-order valence-electron chi connectivity index (χ4n) is 3.90. The molecule has 0 spiro atoms. The van der Waals surface area contributed by atoms with Crippen molar-refractivity contribution in [3.05, 3.63) is 82.4 Å². The molecule has 0 aliphatic carbocycles. The Morgan fingerprint density at radius 3 is 2.52 bits per heavy atom. The highest BCUT2D eigenvalue weighted by Gasteiger charge is 2.27. The summed E-state index contributed by atoms with van der Waals surface area (Å²) in [6, 6.07) is 18.9. The van der Waals surface area contributed by atoms with E-state index in [2.05, 4.69) is 9.62 Å². The molecule has 31 heavy (non-hydrogen) atoms. The van der Waals surface area contributed by atoms with E-state index >= 15 is 0 Å². The van der Waals surface area contributed by atoms with E-state index in [0.29, 0.717) is 26.3 Å². The number of non-ortho nitro benzene ring substituents is 1. The predicted molar refractivity (Wildman–Crippen MR) is 117 cm³/mol. The molecule has 0 saturated carbocycles. The Morgan fingerprint density at radius 2 is 1.74 bits per heavy atom. The average molecular weight is 442 g/mol. The first-order chi connectivity index (χ1) is 15.0. The fourth-order valence-corrected chi connectivity index (χ4v) is 4.98. The quantitative estimate of drug-likeness (QED) is 0.447. The van der Waals surface area contributed by atoms with Crippen LogP contribution in [0.4, 0.5) is 5.69 Å². The minimum absolute atomic E-state index is 0.125. The van der Waals surface area contributed by atoms with Crippen LogP contribution >= 0.6 is 0 Å². The smallest absolute Gasteiger partial charge is 0.270 e. The van der Waals surface area contributed by atoms with Gasteiger partial charge in [0.2, 0.25) is 10.0 Å². The number of nitrogens with one attached hydrogen (secondary N) is 1. The molecule has 1 aliphatic rings. The first kappa shape index (κ1) is 21.4. The minimum Gasteiger partial charge on any atom is -0.379 e. The zero-order chi connectivity index (χ0) is 21.8. The van der Waals surface area contributed by atoms with Crippen molar-refractivity contribution >= 4 is 26.5 Å². The van der Waals surface area contributed by atoms with Crippen LogP contribution in [0.5, 0.6) is 0 Å². The van der Waals surface area contributed by atoms with Crippen molar-refractivity contribution in [2.45, 2.75) is 10.9 Å². The molecule has 9 heteroatoms. The molecule has 1 atom stereocenters. The minimum atomic E-state index is -3.92. The predicted octanol–water partition coefficient (Wildman–Crippen LogP) is 3.10. The van der Waals surface area contributed by atoms with Crippen molar-refractivity contribution in [3.8, 4) is 0 Å². The Morgan fingerprint density at radius 1 is 1.03 bits per heavy atom. The Kier molecular flexibility index (Phi) is 6.28. The van der Waals surface area contributed by atoms with Gasteiger partial charge in [-0.3, -0.25) is 15.0 Å². The summed E-state index contributed by atoms with van der Waals surface area (Å²) in [6.07, 6.45) is 0. The Balaban J connectivity index is 1.65. The molecule has 1 saturated heterocycles. The second kappa shape index (κ2) is 9.11. The van der Waals surface area contributed by atoms with Gasteiger partial charge in [-0.2, -0.15) is 0 Å². The lowest BCUT2D eigenvalue weighted by molar-refractivity contribution is -0.385. The molecule has 0 bridgehead atoms. The maximum atomic E-state index is 12.9.